The highest BCUT2D eigenvalue weighted by molar-refractivity contribution is 7.91. The van der Waals surface area contributed by atoms with E-state index >= 15 is 0 Å². The largest absolute Gasteiger partial charge is 0.354 e. The van der Waals surface area contributed by atoms with Crippen LogP contribution in [0.5, 0.6) is 0 Å². The topological polar surface area (TPSA) is 87.0 Å². The minimum atomic E-state index is -3.60. The Balaban J connectivity index is 1.61. The summed E-state index contributed by atoms with van der Waals surface area (Å²) < 4.78 is 24.8. The van der Waals surface area contributed by atoms with E-state index in [4.69, 9.17) is 16.9 Å². The summed E-state index contributed by atoms with van der Waals surface area (Å²) >= 11 is 6.00. The smallest absolute Gasteiger partial charge is 0.235 e. The molecule has 0 bridgehead atoms. The van der Waals surface area contributed by atoms with Gasteiger partial charge in [-0.3, -0.25) is 4.79 Å². The van der Waals surface area contributed by atoms with Crippen LogP contribution in [0.3, 0.4) is 0 Å². The molecule has 0 aliphatic heterocycles. The number of carbonyl (C=O) groups is 1. The van der Waals surface area contributed by atoms with Gasteiger partial charge in [0, 0.05) is 17.0 Å². The fourth-order valence-corrected chi connectivity index (χ4v) is 5.35. The van der Waals surface area contributed by atoms with Gasteiger partial charge in [-0.15, -0.1) is 0 Å². The Morgan fingerprint density at radius 2 is 1.69 bits per heavy atom. The molecular weight excluding hydrogens is 408 g/mol. The summed E-state index contributed by atoms with van der Waals surface area (Å²) in [5.41, 5.74) is 1.98. The van der Waals surface area contributed by atoms with Gasteiger partial charge in [-0.25, -0.2) is 8.42 Å². The fourth-order valence-electron chi connectivity index (χ4n) is 3.92. The Morgan fingerprint density at radius 1 is 1.07 bits per heavy atom. The molecule has 0 saturated heterocycles. The number of carbonyl (C=O) groups excluding carboxylic acids is 1. The van der Waals surface area contributed by atoms with Gasteiger partial charge in [0.2, 0.25) is 5.91 Å². The first-order chi connectivity index (χ1) is 13.8. The molecule has 2 aromatic carbocycles. The average molecular weight is 431 g/mol. The Hall–Kier alpha value is -2.36. The van der Waals surface area contributed by atoms with Gasteiger partial charge in [0.25, 0.3) is 0 Å². The minimum absolute atomic E-state index is 0.170. The van der Waals surface area contributed by atoms with E-state index in [1.807, 2.05) is 30.3 Å². The van der Waals surface area contributed by atoms with Crippen LogP contribution in [-0.2, 0) is 25.8 Å². The molecule has 3 rings (SSSR count). The summed E-state index contributed by atoms with van der Waals surface area (Å²) in [4.78, 5) is 12.4. The van der Waals surface area contributed by atoms with Crippen LogP contribution < -0.4 is 5.32 Å². The van der Waals surface area contributed by atoms with Crippen LogP contribution >= 0.6 is 11.6 Å². The van der Waals surface area contributed by atoms with E-state index in [1.165, 1.54) is 0 Å². The Bertz CT molecular complexity index is 1000. The maximum absolute atomic E-state index is 12.4. The minimum Gasteiger partial charge on any atom is -0.354 e. The monoisotopic (exact) mass is 430 g/mol. The van der Waals surface area contributed by atoms with E-state index in [1.54, 1.807) is 24.3 Å². The maximum Gasteiger partial charge on any atom is 0.235 e. The lowest BCUT2D eigenvalue weighted by atomic mass is 9.79. The first-order valence-electron chi connectivity index (χ1n) is 9.54. The molecule has 1 fully saturated rings. The van der Waals surface area contributed by atoms with Crippen LogP contribution in [0.4, 0.5) is 0 Å². The maximum atomic E-state index is 12.4. The van der Waals surface area contributed by atoms with E-state index in [0.717, 1.165) is 31.2 Å². The summed E-state index contributed by atoms with van der Waals surface area (Å²) in [5, 5.41) is 12.3. The van der Waals surface area contributed by atoms with Crippen molar-refractivity contribution in [3.05, 3.63) is 70.2 Å². The van der Waals surface area contributed by atoms with Crippen molar-refractivity contribution in [3.8, 4) is 6.07 Å². The molecule has 1 aliphatic carbocycles. The van der Waals surface area contributed by atoms with Crippen LogP contribution in [0.15, 0.2) is 48.5 Å². The van der Waals surface area contributed by atoms with Gasteiger partial charge in [0.1, 0.15) is 5.75 Å². The lowest BCUT2D eigenvalue weighted by Gasteiger charge is -2.30. The van der Waals surface area contributed by atoms with Crippen molar-refractivity contribution >= 4 is 27.3 Å². The molecule has 152 valence electrons. The third-order valence-corrected chi connectivity index (χ3v) is 7.19. The van der Waals surface area contributed by atoms with Crippen LogP contribution in [0.2, 0.25) is 5.02 Å². The summed E-state index contributed by atoms with van der Waals surface area (Å²) in [6.45, 7) is 0.417. The highest BCUT2D eigenvalue weighted by atomic mass is 35.5. The van der Waals surface area contributed by atoms with Crippen LogP contribution in [0, 0.1) is 11.3 Å². The number of rotatable bonds is 7. The Labute approximate surface area is 176 Å². The third-order valence-electron chi connectivity index (χ3n) is 5.46. The summed E-state index contributed by atoms with van der Waals surface area (Å²) in [6.07, 6.45) is 4.06. The SMILES string of the molecule is N#Cc1ccc(CS(=O)(=O)CC(=O)NCC2(c3ccc(Cl)cc3)CCCC2)cc1. The highest BCUT2D eigenvalue weighted by Crippen LogP contribution is 2.40. The van der Waals surface area contributed by atoms with E-state index in [0.29, 0.717) is 22.7 Å². The van der Waals surface area contributed by atoms with Gasteiger partial charge in [0.05, 0.1) is 17.4 Å². The number of benzene rings is 2. The molecule has 2 aromatic rings. The predicted octanol–water partition coefficient (Wildman–Crippen LogP) is 3.75. The predicted molar refractivity (Wildman–Crippen MR) is 113 cm³/mol. The molecule has 0 unspecified atom stereocenters. The second kappa shape index (κ2) is 8.98. The molecule has 0 heterocycles. The standard InChI is InChI=1S/C22H23ClN2O3S/c23-20-9-7-19(8-10-20)22(11-1-2-12-22)16-25-21(26)15-29(27,28)14-18-5-3-17(13-24)4-6-18/h3-10H,1-2,11-12,14-16H2,(H,25,26). The summed E-state index contributed by atoms with van der Waals surface area (Å²) in [5.74, 6) is -1.27. The number of amides is 1. The number of hydrogen-bond donors (Lipinski definition) is 1. The van der Waals surface area contributed by atoms with Crippen molar-refractivity contribution < 1.29 is 13.2 Å². The first-order valence-corrected chi connectivity index (χ1v) is 11.7. The lowest BCUT2D eigenvalue weighted by Crippen LogP contribution is -2.41. The van der Waals surface area contributed by atoms with Gasteiger partial charge < -0.3 is 5.32 Å². The zero-order valence-corrected chi connectivity index (χ0v) is 17.6. The quantitative estimate of drug-likeness (QED) is 0.724. The average Bonchev–Trinajstić information content (AvgIpc) is 3.17. The zero-order chi connectivity index (χ0) is 20.9. The van der Waals surface area contributed by atoms with Crippen molar-refractivity contribution in [2.75, 3.05) is 12.3 Å². The Kier molecular flexibility index (Phi) is 6.61. The normalized spacial score (nSPS) is 15.6. The fraction of sp³-hybridized carbons (Fsp3) is 0.364. The second-order valence-electron chi connectivity index (χ2n) is 7.61. The number of halogens is 1. The molecule has 1 N–H and O–H groups in total. The molecule has 0 spiro atoms. The molecular formula is C22H23ClN2O3S. The summed E-state index contributed by atoms with van der Waals surface area (Å²) in [6, 6.07) is 16.0. The molecule has 0 aromatic heterocycles. The Morgan fingerprint density at radius 3 is 2.28 bits per heavy atom. The van der Waals surface area contributed by atoms with Crippen molar-refractivity contribution in [1.29, 1.82) is 5.26 Å². The molecule has 7 heteroatoms. The van der Waals surface area contributed by atoms with Gasteiger partial charge in [0.15, 0.2) is 9.84 Å². The number of nitrogens with zero attached hydrogens (tertiary/aromatic N) is 1. The van der Waals surface area contributed by atoms with Crippen molar-refractivity contribution in [1.82, 2.24) is 5.32 Å². The molecule has 29 heavy (non-hydrogen) atoms. The summed E-state index contributed by atoms with van der Waals surface area (Å²) in [7, 11) is -3.60. The van der Waals surface area contributed by atoms with Crippen molar-refractivity contribution in [2.45, 2.75) is 36.9 Å². The lowest BCUT2D eigenvalue weighted by molar-refractivity contribution is -0.118. The van der Waals surface area contributed by atoms with Crippen LogP contribution in [0.1, 0.15) is 42.4 Å². The number of sulfone groups is 1. The van der Waals surface area contributed by atoms with E-state index in [9.17, 15) is 13.2 Å². The molecule has 1 amide bonds. The van der Waals surface area contributed by atoms with Crippen LogP contribution in [-0.4, -0.2) is 26.6 Å². The molecule has 0 atom stereocenters. The van der Waals surface area contributed by atoms with Gasteiger partial charge >= 0.3 is 0 Å². The van der Waals surface area contributed by atoms with Crippen molar-refractivity contribution in [2.24, 2.45) is 0 Å². The van der Waals surface area contributed by atoms with Gasteiger partial charge in [-0.05, 0) is 48.2 Å². The third kappa shape index (κ3) is 5.59. The zero-order valence-electron chi connectivity index (χ0n) is 16.0. The molecule has 1 aliphatic rings. The van der Waals surface area contributed by atoms with Crippen LogP contribution in [0.25, 0.3) is 0 Å². The molecule has 5 nitrogen and oxygen atoms in total. The van der Waals surface area contributed by atoms with E-state index in [2.05, 4.69) is 5.32 Å². The number of nitrogens with one attached hydrogen (secondary N) is 1. The second-order valence-corrected chi connectivity index (χ2v) is 10.1. The molecule has 0 radical (unpaired) electrons. The number of hydrogen-bond acceptors (Lipinski definition) is 4. The van der Waals surface area contributed by atoms with Gasteiger partial charge in [-0.1, -0.05) is 48.7 Å². The molecule has 1 saturated carbocycles. The first kappa shape index (κ1) is 21.4. The highest BCUT2D eigenvalue weighted by Gasteiger charge is 2.36. The van der Waals surface area contributed by atoms with Crippen molar-refractivity contribution in [3.63, 3.8) is 0 Å². The van der Waals surface area contributed by atoms with E-state index in [-0.39, 0.29) is 11.2 Å². The number of nitriles is 1. The van der Waals surface area contributed by atoms with E-state index < -0.39 is 21.5 Å². The van der Waals surface area contributed by atoms with Gasteiger partial charge in [-0.2, -0.15) is 5.26 Å².